The second-order valence-electron chi connectivity index (χ2n) is 47.8. The first-order chi connectivity index (χ1) is 61.1. The minimum absolute atomic E-state index is 0.00303. The molecule has 0 amide bonds. The molecule has 3 saturated heterocycles. The molecule has 3 heterocycles. The lowest BCUT2D eigenvalue weighted by molar-refractivity contribution is -0.256. The van der Waals surface area contributed by atoms with Gasteiger partial charge in [0.1, 0.15) is 47.8 Å². The summed E-state index contributed by atoms with van der Waals surface area (Å²) >= 11 is 0. The summed E-state index contributed by atoms with van der Waals surface area (Å²) in [5.41, 5.74) is -3.53. The van der Waals surface area contributed by atoms with Crippen LogP contribution in [-0.2, 0) is 94.5 Å². The van der Waals surface area contributed by atoms with E-state index in [1.807, 2.05) is 104 Å². The summed E-state index contributed by atoms with van der Waals surface area (Å²) in [4.78, 5) is 86.1. The van der Waals surface area contributed by atoms with Gasteiger partial charge < -0.3 is 61.0 Å². The first-order valence-electron chi connectivity index (χ1n) is 52.9. The molecule has 3 aliphatic heterocycles. The van der Waals surface area contributed by atoms with Crippen LogP contribution in [0.4, 0.5) is 0 Å². The molecule has 17 unspecified atom stereocenters. The van der Waals surface area contributed by atoms with E-state index in [-0.39, 0.29) is 130 Å². The topological polar surface area (TPSA) is 263 Å². The van der Waals surface area contributed by atoms with E-state index in [1.165, 1.54) is 51.4 Å². The largest absolute Gasteiger partial charge is 0.462 e. The summed E-state index contributed by atoms with van der Waals surface area (Å²) in [5, 5.41) is 9.06. The first kappa shape index (κ1) is 108. The summed E-state index contributed by atoms with van der Waals surface area (Å²) in [6, 6.07) is 9.32. The van der Waals surface area contributed by atoms with Crippen molar-refractivity contribution in [2.24, 2.45) is 109 Å². The number of nitriles is 1. The van der Waals surface area contributed by atoms with Crippen LogP contribution in [0.5, 0.6) is 0 Å². The van der Waals surface area contributed by atoms with Gasteiger partial charge in [0, 0.05) is 50.2 Å². The molecule has 0 aromatic carbocycles. The van der Waals surface area contributed by atoms with Crippen LogP contribution in [0.2, 0.25) is 36.3 Å². The molecule has 130 heavy (non-hydrogen) atoms. The lowest BCUT2D eigenvalue weighted by Gasteiger charge is -2.67. The number of ether oxygens (including phenoxy) is 11. The quantitative estimate of drug-likeness (QED) is 0.0324. The van der Waals surface area contributed by atoms with Crippen molar-refractivity contribution >= 4 is 58.4 Å². The van der Waals surface area contributed by atoms with Crippen LogP contribution < -0.4 is 0 Å². The standard InChI is InChI=1S/C28H54O4Si2.C19H34O6.C17H28O2.C15H26O2.C14H21NO2.C14H20O4/c1-10-25(8,9)24(29)30-26-17-23-18-27(20-26,31-33(11-2,12-3)13-4)22-28(19-23,21-26)32-34(14-5,15-6)16-7;1-4-19(2,3)18(20)24-14-15(25-17-10-6-8-12-22-17)13-23-16-9-5-7-11-21-16;1-5-16(2,3)15(18)19-17(4)13-7-11-6-12(9-13)10-14(17)8-11;1-5-14(3,4)13(16)17-15(6-2)10-11-7-8-12(15)9-11;1-4-14(2,3)13(16)17-12-7-9-5-10(8-15)11(12)6-9;1-4-14(2,3)13(16)18-10-7-5-8-9(6-7)12(15)17-11(8)10/h23H,10-22H2,1-9H3;15-17H,4-14H2,1-3H3;11-14H,5-10H2,1-4H3;11-12H,5-10H2,1-4H3;9-12H,4-7H2,1-3H3;7-11H,4-6H2,1-3H3. The van der Waals surface area contributed by atoms with E-state index in [1.54, 1.807) is 0 Å². The molecule has 17 atom stereocenters. The predicted octanol–water partition coefficient (Wildman–Crippen LogP) is 24.6. The van der Waals surface area contributed by atoms with Crippen molar-refractivity contribution in [3.8, 4) is 6.07 Å². The maximum atomic E-state index is 13.4. The van der Waals surface area contributed by atoms with Gasteiger partial charge >= 0.3 is 41.8 Å². The summed E-state index contributed by atoms with van der Waals surface area (Å²) in [6.45, 7) is 56.0. The van der Waals surface area contributed by atoms with Gasteiger partial charge in [-0.25, -0.2) is 0 Å². The smallest absolute Gasteiger partial charge is 0.312 e. The molecular weight excluding hydrogens is 1680 g/mol. The molecule has 0 radical (unpaired) electrons. The Kier molecular flexibility index (Phi) is 36.5. The van der Waals surface area contributed by atoms with Crippen LogP contribution in [0.3, 0.4) is 0 Å². The molecule has 14 aliphatic carbocycles. The highest BCUT2D eigenvalue weighted by Gasteiger charge is 2.70. The Bertz CT molecular complexity index is 3700. The van der Waals surface area contributed by atoms with E-state index in [2.05, 4.69) is 82.2 Å². The van der Waals surface area contributed by atoms with Gasteiger partial charge in [-0.15, -0.1) is 0 Å². The van der Waals surface area contributed by atoms with Gasteiger partial charge in [0.2, 0.25) is 0 Å². The van der Waals surface area contributed by atoms with Gasteiger partial charge in [0.05, 0.1) is 68.2 Å². The van der Waals surface area contributed by atoms with E-state index in [0.717, 1.165) is 221 Å². The molecular formula is C107H183NO20Si2. The number of carbonyl (C=O) groups excluding carboxylic acids is 7. The molecule has 14 saturated carbocycles. The first-order valence-corrected chi connectivity index (χ1v) is 57.9. The van der Waals surface area contributed by atoms with Gasteiger partial charge in [-0.2, -0.15) is 5.26 Å². The third-order valence-corrected chi connectivity index (χ3v) is 46.2. The Morgan fingerprint density at radius 3 is 1.35 bits per heavy atom. The molecule has 17 aliphatic rings. The SMILES string of the molecule is CCC(C)(C)C(=O)OC1(C)C2CC3CC(C2)CC1C3.CCC(C)(C)C(=O)OC1(CC)CC2CCC1C2.CCC(C)(C)C(=O)OC12CC3CC(O[Si](CC)(CC)CC)(C1)CC(O[Si](CC)(CC)CC)(C3)C2.CCC(C)(C)C(=O)OC1C2CC3C(=O)OC1C3C2.CCC(C)(C)C(=O)OC1CC2CC(C#N)C1C2.CCC(C)(C)C(=O)OCC(COC1CCCCO1)OC1CCCCO1. The van der Waals surface area contributed by atoms with Gasteiger partial charge in [0.15, 0.2) is 29.2 Å². The van der Waals surface area contributed by atoms with Crippen molar-refractivity contribution in [3.63, 3.8) is 0 Å². The number of nitrogens with zero attached hydrogens (tertiary/aromatic N) is 1. The lowest BCUT2D eigenvalue weighted by Crippen LogP contribution is -2.71. The van der Waals surface area contributed by atoms with Crippen LogP contribution >= 0.6 is 0 Å². The maximum Gasteiger partial charge on any atom is 0.312 e. The summed E-state index contributed by atoms with van der Waals surface area (Å²) < 4.78 is 78.9. The van der Waals surface area contributed by atoms with Crippen molar-refractivity contribution in [2.45, 2.75) is 493 Å². The number of esters is 7. The van der Waals surface area contributed by atoms with Crippen molar-refractivity contribution in [1.82, 2.24) is 0 Å². The third-order valence-electron chi connectivity index (χ3n) is 36.8. The van der Waals surface area contributed by atoms with Crippen LogP contribution in [-0.4, -0.2) is 150 Å². The Morgan fingerprint density at radius 2 is 0.900 bits per heavy atom. The molecule has 0 aromatic rings. The molecule has 21 nitrogen and oxygen atoms in total. The Balaban J connectivity index is 0.000000165. The van der Waals surface area contributed by atoms with Crippen molar-refractivity contribution in [3.05, 3.63) is 0 Å². The Labute approximate surface area is 788 Å². The lowest BCUT2D eigenvalue weighted by atomic mass is 9.50. The van der Waals surface area contributed by atoms with Gasteiger partial charge in [0.25, 0.3) is 0 Å². The molecule has 23 heteroatoms. The minimum atomic E-state index is -1.82. The highest BCUT2D eigenvalue weighted by Crippen LogP contribution is 2.66. The summed E-state index contributed by atoms with van der Waals surface area (Å²) in [7, 11) is -3.64. The van der Waals surface area contributed by atoms with E-state index >= 15 is 0 Å². The molecule has 744 valence electrons. The van der Waals surface area contributed by atoms with Crippen molar-refractivity contribution in [2.75, 3.05) is 26.4 Å². The fraction of sp³-hybridized carbons (Fsp3) is 0.925. The Hall–Kier alpha value is -4.03. The number of hydrogen-bond acceptors (Lipinski definition) is 21. The van der Waals surface area contributed by atoms with Crippen LogP contribution in [0.25, 0.3) is 0 Å². The minimum Gasteiger partial charge on any atom is -0.462 e. The summed E-state index contributed by atoms with van der Waals surface area (Å²) in [6.07, 6.45) is 33.2. The monoisotopic (exact) mass is 1860 g/mol. The fourth-order valence-corrected chi connectivity index (χ4v) is 31.5. The molecule has 14 bridgehead atoms. The highest BCUT2D eigenvalue weighted by molar-refractivity contribution is 6.74. The molecule has 0 spiro atoms. The molecule has 17 fully saturated rings. The average molecular weight is 1860 g/mol. The van der Waals surface area contributed by atoms with E-state index in [9.17, 15) is 33.6 Å². The van der Waals surface area contributed by atoms with Crippen LogP contribution in [0.1, 0.15) is 392 Å². The van der Waals surface area contributed by atoms with Crippen LogP contribution in [0, 0.1) is 121 Å². The number of fused-ring (bicyclic) bond motifs is 5. The molecule has 0 N–H and O–H groups in total. The highest BCUT2D eigenvalue weighted by atomic mass is 28.4. The van der Waals surface area contributed by atoms with Crippen molar-refractivity contribution in [1.29, 1.82) is 5.26 Å². The zero-order valence-corrected chi connectivity index (χ0v) is 88.5. The van der Waals surface area contributed by atoms with Crippen LogP contribution in [0.15, 0.2) is 0 Å². The predicted molar refractivity (Wildman–Crippen MR) is 511 cm³/mol. The summed E-state index contributed by atoms with van der Waals surface area (Å²) in [5.74, 6) is 6.23. The average Bonchev–Trinajstić information content (AvgIpc) is 1.26. The molecule has 17 rings (SSSR count). The normalized spacial score (nSPS) is 35.3. The van der Waals surface area contributed by atoms with Gasteiger partial charge in [-0.1, -0.05) is 90.0 Å². The van der Waals surface area contributed by atoms with Gasteiger partial charge in [-0.05, 0) is 366 Å². The number of rotatable bonds is 35. The van der Waals surface area contributed by atoms with E-state index < -0.39 is 43.9 Å². The fourth-order valence-electron chi connectivity index (χ4n) is 25.3. The second kappa shape index (κ2) is 44.0. The van der Waals surface area contributed by atoms with Crippen molar-refractivity contribution < 1.29 is 94.5 Å². The zero-order valence-electron chi connectivity index (χ0n) is 86.5. The third kappa shape index (κ3) is 24.8. The molecule has 0 aromatic heterocycles. The maximum absolute atomic E-state index is 13.4. The number of carbonyl (C=O) groups is 7. The number of hydrogen-bond donors (Lipinski definition) is 0. The second-order valence-corrected chi connectivity index (χ2v) is 57.2. The zero-order chi connectivity index (χ0) is 95.8. The van der Waals surface area contributed by atoms with Gasteiger partial charge in [-0.3, -0.25) is 33.6 Å². The van der Waals surface area contributed by atoms with E-state index in [0.29, 0.717) is 60.6 Å². The Morgan fingerprint density at radius 1 is 0.446 bits per heavy atom. The van der Waals surface area contributed by atoms with E-state index in [4.69, 9.17) is 66.2 Å².